The lowest BCUT2D eigenvalue weighted by atomic mass is 9.41. The Morgan fingerprint density at radius 1 is 1.09 bits per heavy atom. The molecule has 1 heteroatoms. The lowest BCUT2D eigenvalue weighted by molar-refractivity contribution is -0.134. The van der Waals surface area contributed by atoms with Crippen LogP contribution in [-0.4, -0.2) is 5.78 Å². The Bertz CT molecular complexity index is 856. The normalized spacial score (nSPS) is 46.1. The zero-order valence-corrected chi connectivity index (χ0v) is 23.5. The van der Waals surface area contributed by atoms with E-state index in [1.54, 1.807) is 5.57 Å². The highest BCUT2D eigenvalue weighted by Crippen LogP contribution is 2.73. The van der Waals surface area contributed by atoms with E-state index < -0.39 is 0 Å². The first-order valence-electron chi connectivity index (χ1n) is 14.1. The third kappa shape index (κ3) is 3.57. The smallest absolute Gasteiger partial charge is 0.159 e. The van der Waals surface area contributed by atoms with Crippen molar-refractivity contribution in [2.45, 2.75) is 114 Å². The topological polar surface area (TPSA) is 17.1 Å². The van der Waals surface area contributed by atoms with Gasteiger partial charge in [-0.2, -0.15) is 0 Å². The van der Waals surface area contributed by atoms with Gasteiger partial charge in [0.2, 0.25) is 0 Å². The summed E-state index contributed by atoms with van der Waals surface area (Å²) in [6, 6.07) is 0. The van der Waals surface area contributed by atoms with Crippen molar-refractivity contribution in [2.75, 3.05) is 0 Å². The minimum Gasteiger partial charge on any atom is -0.295 e. The van der Waals surface area contributed by atoms with E-state index in [0.29, 0.717) is 34.9 Å². The lowest BCUT2D eigenvalue weighted by Gasteiger charge is -2.62. The summed E-state index contributed by atoms with van der Waals surface area (Å²) in [6.45, 7) is 24.5. The summed E-state index contributed by atoms with van der Waals surface area (Å²) in [5, 5.41) is 0. The molecule has 0 aromatic rings. The highest BCUT2D eigenvalue weighted by molar-refractivity contribution is 5.94. The van der Waals surface area contributed by atoms with Crippen molar-refractivity contribution in [3.8, 4) is 0 Å². The van der Waals surface area contributed by atoms with Crippen LogP contribution in [0.2, 0.25) is 0 Å². The minimum atomic E-state index is 0.168. The molecular formula is C32H52O. The average Bonchev–Trinajstić information content (AvgIpc) is 3.00. The molecule has 3 saturated carbocycles. The maximum absolute atomic E-state index is 13.6. The van der Waals surface area contributed by atoms with E-state index in [-0.39, 0.29) is 22.2 Å². The van der Waals surface area contributed by atoms with E-state index in [2.05, 4.69) is 81.4 Å². The number of hydrogen-bond donors (Lipinski definition) is 0. The predicted octanol–water partition coefficient (Wildman–Crippen LogP) is 9.04. The number of rotatable bonds is 4. The van der Waals surface area contributed by atoms with Crippen LogP contribution < -0.4 is 0 Å². The van der Waals surface area contributed by atoms with Gasteiger partial charge < -0.3 is 0 Å². The van der Waals surface area contributed by atoms with Crippen LogP contribution in [-0.2, 0) is 4.79 Å². The number of allylic oxidation sites excluding steroid dienone is 4. The van der Waals surface area contributed by atoms with Crippen molar-refractivity contribution in [3.63, 3.8) is 0 Å². The van der Waals surface area contributed by atoms with Crippen LogP contribution in [0.4, 0.5) is 0 Å². The molecule has 0 aliphatic heterocycles. The van der Waals surface area contributed by atoms with Crippen LogP contribution in [0.25, 0.3) is 0 Å². The standard InChI is InChI=1S/C32H52O/c1-20(2)11-12-23(5)29(6,7)28-14-16-31(9)25-18-27(33)26-17-21(3)22(4)19-30(26,8)24(25)13-15-32(28,31)10/h11,18,21-24,26,28H,12-17,19H2,1-10H3/t21-,22+,23-,24?,26+,28-,30-,31+,32-/m1/s1. The van der Waals surface area contributed by atoms with Crippen molar-refractivity contribution < 1.29 is 4.79 Å². The van der Waals surface area contributed by atoms with Gasteiger partial charge in [-0.3, -0.25) is 4.79 Å². The lowest BCUT2D eigenvalue weighted by Crippen LogP contribution is -2.56. The van der Waals surface area contributed by atoms with Gasteiger partial charge in [0.25, 0.3) is 0 Å². The third-order valence-electron chi connectivity index (χ3n) is 12.5. The van der Waals surface area contributed by atoms with Crippen molar-refractivity contribution in [3.05, 3.63) is 23.3 Å². The first-order valence-corrected chi connectivity index (χ1v) is 14.1. The Morgan fingerprint density at radius 3 is 2.39 bits per heavy atom. The number of carbonyl (C=O) groups excluding carboxylic acids is 1. The summed E-state index contributed by atoms with van der Waals surface area (Å²) in [4.78, 5) is 13.6. The fourth-order valence-corrected chi connectivity index (χ4v) is 9.52. The van der Waals surface area contributed by atoms with Gasteiger partial charge in [-0.1, -0.05) is 72.6 Å². The molecule has 0 amide bonds. The van der Waals surface area contributed by atoms with Crippen molar-refractivity contribution in [2.24, 2.45) is 57.2 Å². The second-order valence-corrected chi connectivity index (χ2v) is 14.6. The molecule has 0 N–H and O–H groups in total. The fraction of sp³-hybridized carbons (Fsp3) is 0.844. The largest absolute Gasteiger partial charge is 0.295 e. The maximum Gasteiger partial charge on any atom is 0.159 e. The van der Waals surface area contributed by atoms with E-state index in [9.17, 15) is 4.79 Å². The Balaban J connectivity index is 1.70. The summed E-state index contributed by atoms with van der Waals surface area (Å²) in [5.74, 6) is 4.10. The van der Waals surface area contributed by atoms with Gasteiger partial charge in [0.15, 0.2) is 5.78 Å². The number of ketones is 1. The molecule has 0 bridgehead atoms. The highest BCUT2D eigenvalue weighted by Gasteiger charge is 2.66. The maximum atomic E-state index is 13.6. The highest BCUT2D eigenvalue weighted by atomic mass is 16.1. The number of hydrogen-bond acceptors (Lipinski definition) is 1. The van der Waals surface area contributed by atoms with E-state index >= 15 is 0 Å². The molecule has 4 aliphatic rings. The fourth-order valence-electron chi connectivity index (χ4n) is 9.52. The predicted molar refractivity (Wildman–Crippen MR) is 141 cm³/mol. The minimum absolute atomic E-state index is 0.168. The van der Waals surface area contributed by atoms with Crippen LogP contribution in [0.3, 0.4) is 0 Å². The molecule has 0 saturated heterocycles. The Kier molecular flexibility index (Phi) is 6.19. The van der Waals surface area contributed by atoms with Gasteiger partial charge >= 0.3 is 0 Å². The van der Waals surface area contributed by atoms with Crippen molar-refractivity contribution in [1.29, 1.82) is 0 Å². The van der Waals surface area contributed by atoms with E-state index in [0.717, 1.165) is 12.3 Å². The van der Waals surface area contributed by atoms with Gasteiger partial charge in [0, 0.05) is 5.92 Å². The van der Waals surface area contributed by atoms with Gasteiger partial charge in [-0.25, -0.2) is 0 Å². The van der Waals surface area contributed by atoms with E-state index in [1.165, 1.54) is 44.1 Å². The molecule has 1 nitrogen and oxygen atoms in total. The molecule has 0 aromatic carbocycles. The SMILES string of the molecule is CC(C)=CC[C@@H](C)C(C)(C)[C@H]1CC[C@@]2(C)C3=CC(=O)[C@@H]4C[C@@H](C)[C@@H](C)C[C@]4(C)C3CC[C@]12C. The first-order chi connectivity index (χ1) is 15.2. The molecule has 0 spiro atoms. The van der Waals surface area contributed by atoms with Crippen LogP contribution >= 0.6 is 0 Å². The molecule has 9 atom stereocenters. The zero-order valence-electron chi connectivity index (χ0n) is 23.5. The molecule has 1 unspecified atom stereocenters. The molecule has 4 aliphatic carbocycles. The van der Waals surface area contributed by atoms with Gasteiger partial charge in [0.05, 0.1) is 0 Å². The first kappa shape index (κ1) is 25.2. The number of fused-ring (bicyclic) bond motifs is 5. The summed E-state index contributed by atoms with van der Waals surface area (Å²) < 4.78 is 0. The monoisotopic (exact) mass is 452 g/mol. The van der Waals surface area contributed by atoms with Crippen LogP contribution in [0.5, 0.6) is 0 Å². The molecule has 33 heavy (non-hydrogen) atoms. The molecule has 4 rings (SSSR count). The molecule has 3 fully saturated rings. The molecule has 186 valence electrons. The molecule has 0 aromatic heterocycles. The summed E-state index contributed by atoms with van der Waals surface area (Å²) >= 11 is 0. The Hall–Kier alpha value is -0.850. The Labute approximate surface area is 205 Å². The quantitative estimate of drug-likeness (QED) is 0.389. The van der Waals surface area contributed by atoms with Crippen LogP contribution in [0.1, 0.15) is 114 Å². The number of carbonyl (C=O) groups is 1. The van der Waals surface area contributed by atoms with Crippen molar-refractivity contribution >= 4 is 5.78 Å². The zero-order chi connectivity index (χ0) is 24.6. The van der Waals surface area contributed by atoms with Gasteiger partial charge in [-0.15, -0.1) is 0 Å². The van der Waals surface area contributed by atoms with Crippen LogP contribution in [0.15, 0.2) is 23.3 Å². The summed E-state index contributed by atoms with van der Waals surface area (Å²) in [7, 11) is 0. The Morgan fingerprint density at radius 2 is 1.76 bits per heavy atom. The molecule has 0 heterocycles. The second kappa shape index (κ2) is 8.09. The van der Waals surface area contributed by atoms with Crippen molar-refractivity contribution in [1.82, 2.24) is 0 Å². The summed E-state index contributed by atoms with van der Waals surface area (Å²) in [6.07, 6.45) is 13.3. The third-order valence-corrected chi connectivity index (χ3v) is 12.5. The average molecular weight is 453 g/mol. The van der Waals surface area contributed by atoms with E-state index in [4.69, 9.17) is 0 Å². The van der Waals surface area contributed by atoms with Gasteiger partial charge in [0.1, 0.15) is 0 Å². The summed E-state index contributed by atoms with van der Waals surface area (Å²) in [5.41, 5.74) is 3.93. The second-order valence-electron chi connectivity index (χ2n) is 14.6. The van der Waals surface area contributed by atoms with Crippen LogP contribution in [0, 0.1) is 57.2 Å². The van der Waals surface area contributed by atoms with E-state index in [1.807, 2.05) is 0 Å². The molecular weight excluding hydrogens is 400 g/mol. The van der Waals surface area contributed by atoms with Gasteiger partial charge in [-0.05, 0) is 116 Å². The molecule has 0 radical (unpaired) electrons.